The molecule has 0 fully saturated rings. The maximum Gasteiger partial charge on any atom is 0.240 e. The molecular weight excluding hydrogens is 412 g/mol. The van der Waals surface area contributed by atoms with Crippen LogP contribution >= 0.6 is 11.3 Å². The van der Waals surface area contributed by atoms with Gasteiger partial charge in [0.15, 0.2) is 11.5 Å². The summed E-state index contributed by atoms with van der Waals surface area (Å²) >= 11 is 1.32. The third kappa shape index (κ3) is 3.90. The van der Waals surface area contributed by atoms with Crippen LogP contribution in [0.2, 0.25) is 0 Å². The Hall–Kier alpha value is -2.72. The van der Waals surface area contributed by atoms with Gasteiger partial charge in [0.25, 0.3) is 0 Å². The zero-order chi connectivity index (χ0) is 20.5. The molecule has 29 heavy (non-hydrogen) atoms. The standard InChI is InChI=1S/C20H18N2O5S2/c1-14-22-17(12-27-14)15-6-8-16(9-7-15)29(24,25)21-13-20(23,18-4-2-10-26-18)19-5-3-11-28-19/h2-12,21,23H,13H2,1H3/t20-/m1/s1. The molecule has 7 nitrogen and oxygen atoms in total. The fraction of sp³-hybridized carbons (Fsp3) is 0.150. The van der Waals surface area contributed by atoms with Crippen LogP contribution in [0.4, 0.5) is 0 Å². The summed E-state index contributed by atoms with van der Waals surface area (Å²) in [6.07, 6.45) is 2.95. The van der Waals surface area contributed by atoms with E-state index in [0.717, 1.165) is 5.56 Å². The molecule has 0 aliphatic rings. The van der Waals surface area contributed by atoms with Crippen molar-refractivity contribution in [2.75, 3.05) is 6.54 Å². The topological polar surface area (TPSA) is 106 Å². The average Bonchev–Trinajstić information content (AvgIpc) is 3.49. The number of oxazole rings is 1. The summed E-state index contributed by atoms with van der Waals surface area (Å²) in [5.41, 5.74) is -0.237. The number of hydrogen-bond donors (Lipinski definition) is 2. The SMILES string of the molecule is Cc1nc(-c2ccc(S(=O)(=O)NC[C@@](O)(c3ccco3)c3cccs3)cc2)co1. The summed E-state index contributed by atoms with van der Waals surface area (Å²) in [7, 11) is -3.86. The van der Waals surface area contributed by atoms with Gasteiger partial charge in [-0.15, -0.1) is 11.3 Å². The third-order valence-corrected chi connectivity index (χ3v) is 6.89. The zero-order valence-electron chi connectivity index (χ0n) is 15.4. The van der Waals surface area contributed by atoms with Crippen molar-refractivity contribution in [1.82, 2.24) is 9.71 Å². The van der Waals surface area contributed by atoms with E-state index in [2.05, 4.69) is 9.71 Å². The lowest BCUT2D eigenvalue weighted by Gasteiger charge is -2.25. The molecule has 150 valence electrons. The number of benzene rings is 1. The van der Waals surface area contributed by atoms with Crippen LogP contribution in [0.1, 0.15) is 16.5 Å². The molecule has 1 aromatic carbocycles. The Morgan fingerprint density at radius 3 is 2.52 bits per heavy atom. The second-order valence-corrected chi connectivity index (χ2v) is 9.13. The fourth-order valence-electron chi connectivity index (χ4n) is 2.91. The first-order chi connectivity index (χ1) is 13.9. The lowest BCUT2D eigenvalue weighted by Crippen LogP contribution is -2.40. The van der Waals surface area contributed by atoms with E-state index in [1.807, 2.05) is 5.38 Å². The Morgan fingerprint density at radius 2 is 1.93 bits per heavy atom. The van der Waals surface area contributed by atoms with Crippen molar-refractivity contribution >= 4 is 21.4 Å². The van der Waals surface area contributed by atoms with E-state index in [1.165, 1.54) is 36.0 Å². The molecule has 0 saturated heterocycles. The van der Waals surface area contributed by atoms with Crippen LogP contribution in [0, 0.1) is 6.92 Å². The average molecular weight is 431 g/mol. The number of aliphatic hydroxyl groups is 1. The van der Waals surface area contributed by atoms with Gasteiger partial charge in [-0.1, -0.05) is 18.2 Å². The Kier molecular flexibility index (Phi) is 5.13. The lowest BCUT2D eigenvalue weighted by molar-refractivity contribution is 0.0655. The van der Waals surface area contributed by atoms with Crippen LogP contribution in [-0.4, -0.2) is 25.1 Å². The molecule has 0 radical (unpaired) electrons. The van der Waals surface area contributed by atoms with E-state index < -0.39 is 15.6 Å². The van der Waals surface area contributed by atoms with Crippen LogP contribution in [-0.2, 0) is 15.6 Å². The molecule has 0 saturated carbocycles. The van der Waals surface area contributed by atoms with Gasteiger partial charge in [0.2, 0.25) is 10.0 Å². The van der Waals surface area contributed by atoms with Crippen molar-refractivity contribution in [2.45, 2.75) is 17.4 Å². The van der Waals surface area contributed by atoms with Crippen molar-refractivity contribution in [3.8, 4) is 11.3 Å². The summed E-state index contributed by atoms with van der Waals surface area (Å²) in [6.45, 7) is 1.47. The number of aromatic nitrogens is 1. The first-order valence-electron chi connectivity index (χ1n) is 8.71. The molecular formula is C20H18N2O5S2. The van der Waals surface area contributed by atoms with Gasteiger partial charge in [0, 0.05) is 17.4 Å². The smallest absolute Gasteiger partial charge is 0.240 e. The molecule has 0 spiro atoms. The summed E-state index contributed by atoms with van der Waals surface area (Å²) in [4.78, 5) is 4.88. The van der Waals surface area contributed by atoms with Crippen LogP contribution in [0.3, 0.4) is 0 Å². The number of rotatable bonds is 7. The van der Waals surface area contributed by atoms with Crippen molar-refractivity contribution < 1.29 is 22.4 Å². The molecule has 0 unspecified atom stereocenters. The molecule has 3 aromatic heterocycles. The predicted molar refractivity (Wildman–Crippen MR) is 108 cm³/mol. The number of sulfonamides is 1. The summed E-state index contributed by atoms with van der Waals surface area (Å²) in [5, 5.41) is 13.0. The van der Waals surface area contributed by atoms with Crippen molar-refractivity contribution in [2.24, 2.45) is 0 Å². The number of hydrogen-bond acceptors (Lipinski definition) is 7. The van der Waals surface area contributed by atoms with Gasteiger partial charge in [-0.05, 0) is 35.7 Å². The van der Waals surface area contributed by atoms with Gasteiger partial charge < -0.3 is 13.9 Å². The highest BCUT2D eigenvalue weighted by molar-refractivity contribution is 7.89. The van der Waals surface area contributed by atoms with Gasteiger partial charge in [-0.2, -0.15) is 0 Å². The van der Waals surface area contributed by atoms with E-state index in [1.54, 1.807) is 43.3 Å². The van der Waals surface area contributed by atoms with E-state index in [0.29, 0.717) is 16.5 Å². The van der Waals surface area contributed by atoms with Crippen molar-refractivity contribution in [3.05, 3.63) is 83.0 Å². The number of furan rings is 1. The van der Waals surface area contributed by atoms with Gasteiger partial charge in [0.05, 0.1) is 17.7 Å². The maximum atomic E-state index is 12.8. The van der Waals surface area contributed by atoms with Crippen LogP contribution < -0.4 is 4.72 Å². The fourth-order valence-corrected chi connectivity index (χ4v) is 4.80. The minimum absolute atomic E-state index is 0.0782. The second kappa shape index (κ2) is 7.60. The molecule has 0 bridgehead atoms. The van der Waals surface area contributed by atoms with Crippen molar-refractivity contribution in [3.63, 3.8) is 0 Å². The Morgan fingerprint density at radius 1 is 1.14 bits per heavy atom. The highest BCUT2D eigenvalue weighted by Crippen LogP contribution is 2.33. The van der Waals surface area contributed by atoms with Crippen LogP contribution in [0.15, 0.2) is 80.2 Å². The Labute approximate surface area is 171 Å². The Balaban J connectivity index is 1.56. The molecule has 9 heteroatoms. The highest BCUT2D eigenvalue weighted by atomic mass is 32.2. The maximum absolute atomic E-state index is 12.8. The van der Waals surface area contributed by atoms with Crippen LogP contribution in [0.25, 0.3) is 11.3 Å². The number of aryl methyl sites for hydroxylation is 1. The number of nitrogens with zero attached hydrogens (tertiary/aromatic N) is 1. The molecule has 0 aliphatic carbocycles. The monoisotopic (exact) mass is 430 g/mol. The largest absolute Gasteiger partial charge is 0.466 e. The van der Waals surface area contributed by atoms with E-state index in [-0.39, 0.29) is 17.2 Å². The minimum Gasteiger partial charge on any atom is -0.466 e. The predicted octanol–water partition coefficient (Wildman–Crippen LogP) is 3.52. The van der Waals surface area contributed by atoms with Crippen LogP contribution in [0.5, 0.6) is 0 Å². The van der Waals surface area contributed by atoms with E-state index >= 15 is 0 Å². The molecule has 4 rings (SSSR count). The number of nitrogens with one attached hydrogen (secondary N) is 1. The van der Waals surface area contributed by atoms with Crippen molar-refractivity contribution in [1.29, 1.82) is 0 Å². The van der Waals surface area contributed by atoms with E-state index in [9.17, 15) is 13.5 Å². The molecule has 3 heterocycles. The van der Waals surface area contributed by atoms with E-state index in [4.69, 9.17) is 8.83 Å². The summed E-state index contributed by atoms with van der Waals surface area (Å²) in [5.74, 6) is 0.795. The van der Waals surface area contributed by atoms with Gasteiger partial charge in [-0.25, -0.2) is 18.1 Å². The zero-order valence-corrected chi connectivity index (χ0v) is 17.0. The molecule has 0 amide bonds. The quantitative estimate of drug-likeness (QED) is 0.465. The molecule has 2 N–H and O–H groups in total. The second-order valence-electron chi connectivity index (χ2n) is 6.42. The first-order valence-corrected chi connectivity index (χ1v) is 11.1. The third-order valence-electron chi connectivity index (χ3n) is 4.46. The minimum atomic E-state index is -3.86. The molecule has 4 aromatic rings. The highest BCUT2D eigenvalue weighted by Gasteiger charge is 2.37. The van der Waals surface area contributed by atoms with Gasteiger partial charge >= 0.3 is 0 Å². The molecule has 1 atom stereocenters. The van der Waals surface area contributed by atoms with Gasteiger partial charge in [0.1, 0.15) is 17.7 Å². The lowest BCUT2D eigenvalue weighted by atomic mass is 9.99. The summed E-state index contributed by atoms with van der Waals surface area (Å²) in [6, 6.07) is 13.1. The number of thiophene rings is 1. The Bertz CT molecular complexity index is 1140. The summed E-state index contributed by atoms with van der Waals surface area (Å²) < 4.78 is 38.6. The van der Waals surface area contributed by atoms with Gasteiger partial charge in [-0.3, -0.25) is 0 Å². The molecule has 0 aliphatic heterocycles. The first kappa shape index (κ1) is 19.6. The normalized spacial score (nSPS) is 14.0.